The number of hydrogen-bond donors (Lipinski definition) is 5. The van der Waals surface area contributed by atoms with Crippen LogP contribution in [-0.4, -0.2) is 55.0 Å². The predicted octanol–water partition coefficient (Wildman–Crippen LogP) is -0.366. The summed E-state index contributed by atoms with van der Waals surface area (Å²) in [6.07, 6.45) is 1.11. The molecule has 0 fully saturated rings. The van der Waals surface area contributed by atoms with Crippen LogP contribution in [0.25, 0.3) is 0 Å². The summed E-state index contributed by atoms with van der Waals surface area (Å²) in [6, 6.07) is 8.39. The summed E-state index contributed by atoms with van der Waals surface area (Å²) in [5, 5.41) is 32.9. The number of anilines is 2. The lowest BCUT2D eigenvalue weighted by Crippen LogP contribution is -2.30. The topological polar surface area (TPSA) is 178 Å². The highest BCUT2D eigenvalue weighted by Crippen LogP contribution is 2.21. The fourth-order valence-electron chi connectivity index (χ4n) is 2.37. The number of benzene rings is 1. The fourth-order valence-corrected chi connectivity index (χ4v) is 3.00. The van der Waals surface area contributed by atoms with Gasteiger partial charge in [-0.1, -0.05) is 12.1 Å². The van der Waals surface area contributed by atoms with Crippen LogP contribution in [0.2, 0.25) is 0 Å². The first-order valence-corrected chi connectivity index (χ1v) is 10.3. The number of carbonyl (C=O) groups is 1. The first kappa shape index (κ1) is 22.1. The minimum atomic E-state index is -3.30. The van der Waals surface area contributed by atoms with E-state index in [1.165, 1.54) is 18.2 Å². The molecule has 0 unspecified atom stereocenters. The molecule has 2 aromatic rings. The molecule has 2 rings (SSSR count). The van der Waals surface area contributed by atoms with Gasteiger partial charge >= 0.3 is 0 Å². The number of hydrogen-bond acceptors (Lipinski definition) is 9. The maximum atomic E-state index is 12.4. The van der Waals surface area contributed by atoms with E-state index in [1.807, 2.05) is 6.07 Å². The van der Waals surface area contributed by atoms with Gasteiger partial charge in [0.15, 0.2) is 9.84 Å². The molecule has 0 saturated heterocycles. The van der Waals surface area contributed by atoms with Crippen molar-refractivity contribution in [3.63, 3.8) is 0 Å². The van der Waals surface area contributed by atoms with Crippen molar-refractivity contribution in [2.75, 3.05) is 30.5 Å². The molecule has 0 spiro atoms. The normalized spacial score (nSPS) is 11.1. The molecule has 0 saturated carbocycles. The third kappa shape index (κ3) is 5.64. The van der Waals surface area contributed by atoms with Gasteiger partial charge in [0, 0.05) is 12.8 Å². The second-order valence-electron chi connectivity index (χ2n) is 6.24. The zero-order valence-electron chi connectivity index (χ0n) is 15.6. The summed E-state index contributed by atoms with van der Waals surface area (Å²) in [6.45, 7) is -0.713. The quantitative estimate of drug-likeness (QED) is 0.382. The maximum Gasteiger partial charge on any atom is 0.270 e. The molecular formula is C18H21N5O5S. The highest BCUT2D eigenvalue weighted by atomic mass is 32.2. The molecule has 0 aliphatic carbocycles. The van der Waals surface area contributed by atoms with Crippen LogP contribution in [0.5, 0.6) is 0 Å². The first-order valence-electron chi connectivity index (χ1n) is 8.45. The summed E-state index contributed by atoms with van der Waals surface area (Å²) in [5.74, 6) is -0.593. The number of aliphatic hydroxyl groups is 2. The number of amides is 1. The molecule has 11 heteroatoms. The van der Waals surface area contributed by atoms with Gasteiger partial charge in [-0.25, -0.2) is 13.4 Å². The van der Waals surface area contributed by atoms with E-state index in [0.717, 1.165) is 6.26 Å². The maximum absolute atomic E-state index is 12.4. The lowest BCUT2D eigenvalue weighted by Gasteiger charge is -2.16. The second-order valence-corrected chi connectivity index (χ2v) is 8.25. The molecule has 1 aromatic heterocycles. The second kappa shape index (κ2) is 9.33. The summed E-state index contributed by atoms with van der Waals surface area (Å²) < 4.78 is 23.0. The van der Waals surface area contributed by atoms with E-state index < -0.39 is 35.0 Å². The van der Waals surface area contributed by atoms with Gasteiger partial charge < -0.3 is 26.6 Å². The zero-order valence-corrected chi connectivity index (χ0v) is 16.4. The van der Waals surface area contributed by atoms with Crippen molar-refractivity contribution in [2.24, 2.45) is 0 Å². The lowest BCUT2D eigenvalue weighted by molar-refractivity contribution is 0.0946. The van der Waals surface area contributed by atoms with Crippen molar-refractivity contribution in [2.45, 2.75) is 17.5 Å². The van der Waals surface area contributed by atoms with Gasteiger partial charge in [0.25, 0.3) is 5.91 Å². The molecule has 0 radical (unpaired) electrons. The van der Waals surface area contributed by atoms with Crippen molar-refractivity contribution >= 4 is 27.2 Å². The third-order valence-electron chi connectivity index (χ3n) is 3.98. The van der Waals surface area contributed by atoms with Gasteiger partial charge in [-0.3, -0.25) is 4.79 Å². The Kier molecular flexibility index (Phi) is 7.11. The predicted molar refractivity (Wildman–Crippen MR) is 106 cm³/mol. The molecular weight excluding hydrogens is 398 g/mol. The molecule has 154 valence electrons. The van der Waals surface area contributed by atoms with E-state index in [0.29, 0.717) is 5.56 Å². The van der Waals surface area contributed by atoms with Crippen LogP contribution < -0.4 is 16.4 Å². The van der Waals surface area contributed by atoms with Gasteiger partial charge in [-0.15, -0.1) is 0 Å². The Bertz CT molecular complexity index is 1030. The number of nitrogen functional groups attached to an aromatic ring is 1. The van der Waals surface area contributed by atoms with Crippen LogP contribution >= 0.6 is 0 Å². The van der Waals surface area contributed by atoms with Crippen LogP contribution in [0.4, 0.5) is 11.5 Å². The van der Waals surface area contributed by atoms with Crippen molar-refractivity contribution < 1.29 is 23.4 Å². The summed E-state index contributed by atoms with van der Waals surface area (Å²) in [4.78, 5) is 16.7. The van der Waals surface area contributed by atoms with Crippen LogP contribution in [0.1, 0.15) is 21.6 Å². The smallest absolute Gasteiger partial charge is 0.270 e. The van der Waals surface area contributed by atoms with E-state index in [-0.39, 0.29) is 34.2 Å². The number of nitrogens with one attached hydrogen (secondary N) is 2. The summed E-state index contributed by atoms with van der Waals surface area (Å²) in [5.41, 5.74) is 6.44. The molecule has 0 atom stereocenters. The summed E-state index contributed by atoms with van der Waals surface area (Å²) >= 11 is 0. The molecule has 0 aliphatic heterocycles. The monoisotopic (exact) mass is 419 g/mol. The van der Waals surface area contributed by atoms with Gasteiger partial charge in [0.1, 0.15) is 23.1 Å². The standard InChI is InChI=1S/C18H21N5O5S/c1-29(27,28)13-4-2-11(3-5-13)8-21-18(26)16-6-15(20)14(7-19)17(23-16)22-12(9-24)10-25/h2-6,12,24-25H,8-10H2,1H3,(H,21,26)(H3,20,22,23). The molecule has 0 aliphatic rings. The Labute approximate surface area is 167 Å². The number of carbonyl (C=O) groups excluding carboxylic acids is 1. The molecule has 1 aromatic carbocycles. The minimum absolute atomic E-state index is 0.00943. The molecule has 10 nitrogen and oxygen atoms in total. The fraction of sp³-hybridized carbons (Fsp3) is 0.278. The summed E-state index contributed by atoms with van der Waals surface area (Å²) in [7, 11) is -3.30. The Morgan fingerprint density at radius 2 is 1.90 bits per heavy atom. The van der Waals surface area contributed by atoms with E-state index >= 15 is 0 Å². The van der Waals surface area contributed by atoms with Crippen LogP contribution in [-0.2, 0) is 16.4 Å². The molecule has 6 N–H and O–H groups in total. The Hall–Kier alpha value is -3.20. The Balaban J connectivity index is 2.18. The number of rotatable bonds is 8. The van der Waals surface area contributed by atoms with Crippen molar-refractivity contribution in [3.05, 3.63) is 47.2 Å². The van der Waals surface area contributed by atoms with Gasteiger partial charge in [-0.05, 0) is 23.8 Å². The van der Waals surface area contributed by atoms with Crippen LogP contribution in [0.15, 0.2) is 35.2 Å². The average Bonchev–Trinajstić information content (AvgIpc) is 2.69. The van der Waals surface area contributed by atoms with Crippen LogP contribution in [0, 0.1) is 11.3 Å². The number of nitrogens with two attached hydrogens (primary N) is 1. The number of nitriles is 1. The molecule has 0 bridgehead atoms. The number of aliphatic hydroxyl groups excluding tert-OH is 2. The SMILES string of the molecule is CS(=O)(=O)c1ccc(CNC(=O)c2cc(N)c(C#N)c(NC(CO)CO)n2)cc1. The van der Waals surface area contributed by atoms with Gasteiger partial charge in [-0.2, -0.15) is 5.26 Å². The minimum Gasteiger partial charge on any atom is -0.397 e. The van der Waals surface area contributed by atoms with Gasteiger partial charge in [0.05, 0.1) is 29.8 Å². The van der Waals surface area contributed by atoms with E-state index in [4.69, 9.17) is 5.73 Å². The average molecular weight is 419 g/mol. The van der Waals surface area contributed by atoms with E-state index in [9.17, 15) is 28.7 Å². The Morgan fingerprint density at radius 3 is 2.41 bits per heavy atom. The Morgan fingerprint density at radius 1 is 1.28 bits per heavy atom. The van der Waals surface area contributed by atoms with E-state index in [2.05, 4.69) is 15.6 Å². The molecule has 1 amide bonds. The third-order valence-corrected chi connectivity index (χ3v) is 5.11. The van der Waals surface area contributed by atoms with Crippen molar-refractivity contribution in [1.29, 1.82) is 5.26 Å². The molecule has 29 heavy (non-hydrogen) atoms. The largest absolute Gasteiger partial charge is 0.397 e. The van der Waals surface area contributed by atoms with E-state index in [1.54, 1.807) is 12.1 Å². The highest BCUT2D eigenvalue weighted by Gasteiger charge is 2.18. The lowest BCUT2D eigenvalue weighted by atomic mass is 10.1. The number of nitrogens with zero attached hydrogens (tertiary/aromatic N) is 2. The number of pyridine rings is 1. The molecule has 1 heterocycles. The first-order chi connectivity index (χ1) is 13.7. The zero-order chi connectivity index (χ0) is 21.6. The highest BCUT2D eigenvalue weighted by molar-refractivity contribution is 7.90. The number of sulfone groups is 1. The number of aromatic nitrogens is 1. The van der Waals surface area contributed by atoms with Crippen LogP contribution in [0.3, 0.4) is 0 Å². The van der Waals surface area contributed by atoms with Crippen molar-refractivity contribution in [1.82, 2.24) is 10.3 Å². The van der Waals surface area contributed by atoms with Gasteiger partial charge in [0.2, 0.25) is 0 Å². The van der Waals surface area contributed by atoms with Crippen molar-refractivity contribution in [3.8, 4) is 6.07 Å².